The van der Waals surface area contributed by atoms with Crippen LogP contribution >= 0.6 is 11.8 Å². The Hall–Kier alpha value is -1.75. The minimum absolute atomic E-state index is 0.123. The monoisotopic (exact) mass is 220 g/mol. The lowest BCUT2D eigenvalue weighted by Gasteiger charge is -1.96. The molecule has 0 aromatic heterocycles. The van der Waals surface area contributed by atoms with Gasteiger partial charge < -0.3 is 10.4 Å². The van der Waals surface area contributed by atoms with Crippen molar-refractivity contribution in [3.63, 3.8) is 0 Å². The molecule has 0 bridgehead atoms. The van der Waals surface area contributed by atoms with Gasteiger partial charge in [0, 0.05) is 0 Å². The number of thioether (sulfide) groups is 1. The number of phenols is 1. The van der Waals surface area contributed by atoms with Crippen molar-refractivity contribution in [2.75, 3.05) is 0 Å². The van der Waals surface area contributed by atoms with Gasteiger partial charge in [-0.05, 0) is 35.5 Å². The van der Waals surface area contributed by atoms with Gasteiger partial charge in [-0.15, -0.1) is 0 Å². The third-order valence-corrected chi connectivity index (χ3v) is 2.70. The van der Waals surface area contributed by atoms with Crippen LogP contribution in [0.4, 0.5) is 4.79 Å². The standard InChI is InChI=1S/C10H8N2O2S/c11-9-8(15-10(14)12-9)5-6-1-3-7(13)4-2-6/h1-5,13H,(H2,11,12,14)/b8-5-. The predicted octanol–water partition coefficient (Wildman–Crippen LogP) is 2.17. The number of aromatic hydroxyl groups is 1. The molecule has 0 atom stereocenters. The highest BCUT2D eigenvalue weighted by Gasteiger charge is 2.21. The number of carbonyl (C=O) groups is 1. The van der Waals surface area contributed by atoms with Crippen LogP contribution in [-0.4, -0.2) is 16.2 Å². The number of rotatable bonds is 1. The molecule has 1 saturated heterocycles. The third-order valence-electron chi connectivity index (χ3n) is 1.87. The SMILES string of the molecule is N=C1NC(=O)S/C1=C\c1ccc(O)cc1. The molecule has 1 aliphatic rings. The van der Waals surface area contributed by atoms with E-state index < -0.39 is 0 Å². The zero-order valence-corrected chi connectivity index (χ0v) is 8.47. The Kier molecular flexibility index (Phi) is 2.47. The maximum atomic E-state index is 10.9. The van der Waals surface area contributed by atoms with E-state index in [1.807, 2.05) is 0 Å². The van der Waals surface area contributed by atoms with E-state index in [2.05, 4.69) is 5.32 Å². The second-order valence-corrected chi connectivity index (χ2v) is 4.00. The Morgan fingerprint density at radius 3 is 2.53 bits per heavy atom. The normalized spacial score (nSPS) is 18.3. The molecular weight excluding hydrogens is 212 g/mol. The summed E-state index contributed by atoms with van der Waals surface area (Å²) in [6.45, 7) is 0. The molecule has 3 N–H and O–H groups in total. The van der Waals surface area contributed by atoms with Crippen molar-refractivity contribution < 1.29 is 9.90 Å². The molecule has 15 heavy (non-hydrogen) atoms. The first-order chi connectivity index (χ1) is 7.15. The molecule has 2 rings (SSSR count). The van der Waals surface area contributed by atoms with Crippen LogP contribution in [0.15, 0.2) is 29.2 Å². The highest BCUT2D eigenvalue weighted by Crippen LogP contribution is 2.26. The average Bonchev–Trinajstić information content (AvgIpc) is 2.49. The van der Waals surface area contributed by atoms with Crippen LogP contribution in [0.25, 0.3) is 6.08 Å². The first-order valence-electron chi connectivity index (χ1n) is 4.23. The summed E-state index contributed by atoms with van der Waals surface area (Å²) in [6.07, 6.45) is 1.73. The number of phenolic OH excluding ortho intramolecular Hbond substituents is 1. The number of carbonyl (C=O) groups excluding carboxylic acids is 1. The molecule has 5 heteroatoms. The van der Waals surface area contributed by atoms with Crippen LogP contribution in [0, 0.1) is 5.41 Å². The lowest BCUT2D eigenvalue weighted by molar-refractivity contribution is 0.265. The van der Waals surface area contributed by atoms with Gasteiger partial charge in [0.05, 0.1) is 4.91 Å². The molecule has 0 aliphatic carbocycles. The molecule has 1 fully saturated rings. The van der Waals surface area contributed by atoms with Crippen molar-refractivity contribution >= 4 is 28.9 Å². The van der Waals surface area contributed by atoms with Crippen LogP contribution in [0.5, 0.6) is 5.75 Å². The Morgan fingerprint density at radius 2 is 2.00 bits per heavy atom. The van der Waals surface area contributed by atoms with Gasteiger partial charge in [-0.25, -0.2) is 0 Å². The van der Waals surface area contributed by atoms with Crippen molar-refractivity contribution in [3.05, 3.63) is 34.7 Å². The molecule has 4 nitrogen and oxygen atoms in total. The maximum Gasteiger partial charge on any atom is 0.289 e. The first kappa shape index (κ1) is 9.79. The van der Waals surface area contributed by atoms with Gasteiger partial charge >= 0.3 is 0 Å². The number of amides is 1. The Morgan fingerprint density at radius 1 is 1.33 bits per heavy atom. The molecule has 0 spiro atoms. The van der Waals surface area contributed by atoms with Crippen molar-refractivity contribution in [2.24, 2.45) is 0 Å². The van der Waals surface area contributed by atoms with Gasteiger partial charge in [-0.2, -0.15) is 0 Å². The first-order valence-corrected chi connectivity index (χ1v) is 5.05. The minimum Gasteiger partial charge on any atom is -0.508 e. The zero-order chi connectivity index (χ0) is 10.8. The number of nitrogens with one attached hydrogen (secondary N) is 2. The van der Waals surface area contributed by atoms with Crippen LogP contribution in [0.2, 0.25) is 0 Å². The fraction of sp³-hybridized carbons (Fsp3) is 0. The van der Waals surface area contributed by atoms with E-state index in [-0.39, 0.29) is 16.8 Å². The topological polar surface area (TPSA) is 73.2 Å². The lowest BCUT2D eigenvalue weighted by atomic mass is 10.2. The Balaban J connectivity index is 2.27. The minimum atomic E-state index is -0.231. The fourth-order valence-corrected chi connectivity index (χ4v) is 1.86. The van der Waals surface area contributed by atoms with E-state index in [1.165, 1.54) is 0 Å². The van der Waals surface area contributed by atoms with Gasteiger partial charge in [0.2, 0.25) is 0 Å². The molecule has 0 saturated carbocycles. The number of benzene rings is 1. The van der Waals surface area contributed by atoms with Crippen LogP contribution in [0.3, 0.4) is 0 Å². The van der Waals surface area contributed by atoms with E-state index in [4.69, 9.17) is 10.5 Å². The summed E-state index contributed by atoms with van der Waals surface area (Å²) in [7, 11) is 0. The molecule has 76 valence electrons. The van der Waals surface area contributed by atoms with Crippen molar-refractivity contribution in [3.8, 4) is 5.75 Å². The summed E-state index contributed by atoms with van der Waals surface area (Å²) < 4.78 is 0. The molecule has 1 heterocycles. The second kappa shape index (κ2) is 3.78. The fourth-order valence-electron chi connectivity index (χ4n) is 1.16. The van der Waals surface area contributed by atoms with Gasteiger partial charge in [-0.3, -0.25) is 10.2 Å². The third kappa shape index (κ3) is 2.19. The smallest absolute Gasteiger partial charge is 0.289 e. The van der Waals surface area contributed by atoms with Gasteiger partial charge in [0.15, 0.2) is 0 Å². The largest absolute Gasteiger partial charge is 0.508 e. The molecule has 0 radical (unpaired) electrons. The number of hydrogen-bond donors (Lipinski definition) is 3. The quantitative estimate of drug-likeness (QED) is 0.679. The molecule has 1 aromatic carbocycles. The van der Waals surface area contributed by atoms with E-state index in [0.717, 1.165) is 17.3 Å². The van der Waals surface area contributed by atoms with E-state index in [0.29, 0.717) is 4.91 Å². The lowest BCUT2D eigenvalue weighted by Crippen LogP contribution is -2.17. The van der Waals surface area contributed by atoms with Crippen LogP contribution < -0.4 is 5.32 Å². The summed E-state index contributed by atoms with van der Waals surface area (Å²) in [5.74, 6) is 0.318. The Labute approximate surface area is 90.5 Å². The van der Waals surface area contributed by atoms with Gasteiger partial charge in [-0.1, -0.05) is 12.1 Å². The average molecular weight is 220 g/mol. The summed E-state index contributed by atoms with van der Waals surface area (Å²) in [6, 6.07) is 6.56. The van der Waals surface area contributed by atoms with E-state index in [9.17, 15) is 4.79 Å². The molecular formula is C10H8N2O2S. The predicted molar refractivity (Wildman–Crippen MR) is 59.9 cm³/mol. The second-order valence-electron chi connectivity index (χ2n) is 2.99. The van der Waals surface area contributed by atoms with Gasteiger partial charge in [0.25, 0.3) is 5.24 Å². The van der Waals surface area contributed by atoms with Crippen molar-refractivity contribution in [1.29, 1.82) is 5.41 Å². The zero-order valence-electron chi connectivity index (χ0n) is 7.65. The van der Waals surface area contributed by atoms with Crippen molar-refractivity contribution in [1.82, 2.24) is 5.32 Å². The maximum absolute atomic E-state index is 10.9. The Bertz CT molecular complexity index is 451. The number of hydrogen-bond acceptors (Lipinski definition) is 4. The number of amidine groups is 1. The molecule has 1 aliphatic heterocycles. The highest BCUT2D eigenvalue weighted by atomic mass is 32.2. The van der Waals surface area contributed by atoms with Gasteiger partial charge in [0.1, 0.15) is 11.6 Å². The summed E-state index contributed by atoms with van der Waals surface area (Å²) >= 11 is 0.997. The van der Waals surface area contributed by atoms with E-state index >= 15 is 0 Å². The van der Waals surface area contributed by atoms with Crippen molar-refractivity contribution in [2.45, 2.75) is 0 Å². The summed E-state index contributed by atoms with van der Waals surface area (Å²) in [4.78, 5) is 11.5. The molecule has 0 unspecified atom stereocenters. The summed E-state index contributed by atoms with van der Waals surface area (Å²) in [5.41, 5.74) is 0.844. The van der Waals surface area contributed by atoms with Crippen LogP contribution in [0.1, 0.15) is 5.56 Å². The molecule has 1 aromatic rings. The van der Waals surface area contributed by atoms with E-state index in [1.54, 1.807) is 30.3 Å². The van der Waals surface area contributed by atoms with Crippen LogP contribution in [-0.2, 0) is 0 Å². The summed E-state index contributed by atoms with van der Waals surface area (Å²) in [5, 5.41) is 18.7. The highest BCUT2D eigenvalue weighted by molar-refractivity contribution is 8.18. The molecule has 1 amide bonds.